The number of methoxy groups -OCH3 is 2. The van der Waals surface area contributed by atoms with E-state index in [9.17, 15) is 0 Å². The number of hydrogen-bond donors (Lipinski definition) is 9. The van der Waals surface area contributed by atoms with Gasteiger partial charge in [-0.3, -0.25) is 31.1 Å². The Morgan fingerprint density at radius 3 is 1.56 bits per heavy atom. The third kappa shape index (κ3) is 36.1. The van der Waals surface area contributed by atoms with E-state index in [-0.39, 0.29) is 39.0 Å². The molecule has 0 aliphatic carbocycles. The van der Waals surface area contributed by atoms with Gasteiger partial charge in [-0.2, -0.15) is 5.10 Å². The summed E-state index contributed by atoms with van der Waals surface area (Å²) < 4.78 is 16.2. The average Bonchev–Trinajstić information content (AvgIpc) is 3.74. The number of aromatic nitrogens is 10. The fourth-order valence-corrected chi connectivity index (χ4v) is 4.92. The topological polar surface area (TPSA) is 330 Å². The Balaban J connectivity index is -0.000000121. The van der Waals surface area contributed by atoms with E-state index in [2.05, 4.69) is 188 Å². The van der Waals surface area contributed by atoms with Crippen LogP contribution in [0, 0.1) is 0 Å². The van der Waals surface area contributed by atoms with Gasteiger partial charge in [0.25, 0.3) is 0 Å². The summed E-state index contributed by atoms with van der Waals surface area (Å²) in [4.78, 5) is 41.5. The number of aliphatic imine (C=N–C) groups is 2. The molecule has 0 atom stereocenters. The van der Waals surface area contributed by atoms with Crippen LogP contribution in [0.2, 0.25) is 0 Å². The quantitative estimate of drug-likeness (QED) is 0.0334. The molecule has 362 valence electrons. The smallest absolute Gasteiger partial charge is 0.215 e. The predicted molar refractivity (Wildman–Crippen MR) is 271 cm³/mol. The second kappa shape index (κ2) is 46.7. The Bertz CT molecular complexity index is 1900. The number of anilines is 1. The second-order valence-electron chi connectivity index (χ2n) is 8.95. The Morgan fingerprint density at radius 1 is 0.794 bits per heavy atom. The number of ether oxygens (including phenoxy) is 2. The first kappa shape index (κ1) is 72.8. The molecule has 0 aliphatic rings. The van der Waals surface area contributed by atoms with Gasteiger partial charge in [-0.05, 0) is 141 Å². The van der Waals surface area contributed by atoms with E-state index in [1.807, 2.05) is 19.0 Å². The van der Waals surface area contributed by atoms with Crippen LogP contribution in [0.4, 0.5) is 22.2 Å². The molecule has 24 nitrogen and oxygen atoms in total. The van der Waals surface area contributed by atoms with Gasteiger partial charge < -0.3 is 30.3 Å². The maximum Gasteiger partial charge on any atom is 0.215 e. The highest BCUT2D eigenvalue weighted by Gasteiger charge is 2.04. The van der Waals surface area contributed by atoms with Crippen molar-refractivity contribution in [3.63, 3.8) is 0 Å². The van der Waals surface area contributed by atoms with E-state index in [4.69, 9.17) is 41.0 Å². The van der Waals surface area contributed by atoms with Gasteiger partial charge in [0.15, 0.2) is 36.9 Å². The van der Waals surface area contributed by atoms with Crippen molar-refractivity contribution in [2.75, 3.05) is 54.8 Å². The number of hydrogen-bond acceptors (Lipinski definition) is 21. The van der Waals surface area contributed by atoms with Gasteiger partial charge in [0.05, 0.1) is 31.1 Å². The van der Waals surface area contributed by atoms with E-state index in [0.717, 1.165) is 23.7 Å². The summed E-state index contributed by atoms with van der Waals surface area (Å²) in [6, 6.07) is 0. The number of nitrogens with zero attached hydrogens (tertiary/aromatic N) is 13. The zero-order valence-corrected chi connectivity index (χ0v) is 46.6. The first-order valence-corrected chi connectivity index (χ1v) is 21.6. The number of aliphatic hydroxyl groups excluding tert-OH is 2. The Hall–Kier alpha value is -1.77. The maximum absolute atomic E-state index is 8.21. The fourth-order valence-electron chi connectivity index (χ4n) is 2.57. The first-order chi connectivity index (χ1) is 28.5. The molecule has 5 aromatic rings. The summed E-state index contributed by atoms with van der Waals surface area (Å²) in [5.41, 5.74) is 8.60. The van der Waals surface area contributed by atoms with Gasteiger partial charge in [-0.15, -0.1) is 12.4 Å². The van der Waals surface area contributed by atoms with Crippen LogP contribution in [0.3, 0.4) is 0 Å². The number of nitrogens with two attached hydrogens (primary N) is 1. The predicted octanol–water partition coefficient (Wildman–Crippen LogP) is 7.30. The fraction of sp³-hybridized carbons (Fsp3) is 0.345. The van der Waals surface area contributed by atoms with Gasteiger partial charge in [-0.25, -0.2) is 54.4 Å². The molecule has 0 unspecified atom stereocenters. The highest BCUT2D eigenvalue weighted by Crippen LogP contribution is 2.22. The molecule has 5 heterocycles. The van der Waals surface area contributed by atoms with Crippen LogP contribution >= 0.6 is 140 Å². The van der Waals surface area contributed by atoms with Crippen LogP contribution < -0.4 is 22.2 Å². The van der Waals surface area contributed by atoms with Gasteiger partial charge >= 0.3 is 0 Å². The van der Waals surface area contributed by atoms with Crippen LogP contribution in [0.25, 0.3) is 5.65 Å². The number of nitrogen functional groups attached to an aromatic ring is 1. The van der Waals surface area contributed by atoms with Crippen molar-refractivity contribution >= 4 is 176 Å². The van der Waals surface area contributed by atoms with Crippen molar-refractivity contribution in [2.24, 2.45) is 9.98 Å². The maximum atomic E-state index is 8.21. The van der Waals surface area contributed by atoms with Gasteiger partial charge in [0.1, 0.15) is 35.7 Å². The Kier molecular flexibility index (Phi) is 54.0. The second-order valence-corrected chi connectivity index (χ2v) is 15.2. The molecule has 0 bridgehead atoms. The number of fused-ring (bicyclic) bond motifs is 1. The molecule has 0 fully saturated rings. The Labute approximate surface area is 437 Å². The summed E-state index contributed by atoms with van der Waals surface area (Å²) >= 11 is 25.5. The zero-order chi connectivity index (χ0) is 46.6. The SMILES string of the molecule is Brc1ncc(Br)n2ncnc12.C.CCO.CN(C)C=Nc1nc(Br)cnc1Br.CNC(OC)OC.CO.Cl.F.Nc1nc(Br)cnc1Br.ONC=Nc1nc(Br)cnc1Br.ONO.[2HH]. The molecule has 0 saturated carbocycles. The molecule has 0 radical (unpaired) electrons. The number of nitrogens with one attached hydrogen (secondary N) is 3. The zero-order valence-electron chi connectivity index (χ0n) is 33.1. The third-order valence-corrected chi connectivity index (χ3v) is 8.60. The van der Waals surface area contributed by atoms with Crippen molar-refractivity contribution in [1.82, 2.24) is 70.8 Å². The molecule has 34 heteroatoms. The molecule has 10 N–H and O–H groups in total. The van der Waals surface area contributed by atoms with Crippen molar-refractivity contribution in [3.05, 3.63) is 67.9 Å². The highest BCUT2D eigenvalue weighted by atomic mass is 79.9. The summed E-state index contributed by atoms with van der Waals surface area (Å²) in [5, 5.41) is 43.3. The van der Waals surface area contributed by atoms with Crippen LogP contribution in [0.1, 0.15) is 15.8 Å². The van der Waals surface area contributed by atoms with E-state index < -0.39 is 0 Å². The van der Waals surface area contributed by atoms with E-state index >= 15 is 0 Å². The van der Waals surface area contributed by atoms with Crippen LogP contribution in [0.5, 0.6) is 0 Å². The molecular weight excluding hydrogens is 1390 g/mol. The standard InChI is InChI=1S/C7H8Br2N4.C5H4Br2N4O.C5H2Br2N4.C4H3Br2N3.C4H11NO2.C2H6O.CH4O.CH4.ClH.FH.H3NO2.H2/c1-13(2)4-11-7-6(9)10-3-5(8)12-7;6-3-1-8-4(7)5(11-3)9-2-10-12;6-3-1-8-4(7)5-9-2-10-11(3)5;5-2-1-8-3(6)4(7)9-2;1-5-4(6-2)7-3;1-2-3;1-2;;;;2-1-3;/h3-4H,1-2H3;1-2,12H,(H,9,10,11);1-2H;1H,(H2,7,9);4-5H,1-3H3;3H,2H2,1H3;2H,1H3;1H4;2*1H;1-3H;1H/i;;;;;;;;;;;1+1. The Morgan fingerprint density at radius 2 is 1.21 bits per heavy atom. The molecule has 5 rings (SSSR count). The molecule has 63 heavy (non-hydrogen) atoms. The number of aliphatic hydroxyl groups is 2. The molecule has 0 aliphatic heterocycles. The monoisotopic (exact) mass is 1430 g/mol. The molecule has 0 amide bonds. The number of hydroxylamine groups is 1. The van der Waals surface area contributed by atoms with Gasteiger partial charge in [-0.1, -0.05) is 13.1 Å². The van der Waals surface area contributed by atoms with Crippen molar-refractivity contribution in [1.29, 1.82) is 0 Å². The lowest BCUT2D eigenvalue weighted by Crippen LogP contribution is -2.28. The lowest BCUT2D eigenvalue weighted by atomic mass is 10.7. The van der Waals surface area contributed by atoms with Crippen LogP contribution in [-0.2, 0) is 9.47 Å². The minimum atomic E-state index is -0.264. The minimum absolute atomic E-state index is 0. The largest absolute Gasteiger partial charge is 0.400 e. The molecular formula is C29H49Br8ClFN17O7. The number of rotatable bonds is 7. The van der Waals surface area contributed by atoms with E-state index in [1.165, 1.54) is 12.5 Å². The van der Waals surface area contributed by atoms with Crippen molar-refractivity contribution < 1.29 is 41.4 Å². The van der Waals surface area contributed by atoms with Crippen LogP contribution in [-0.4, -0.2) is 148 Å². The summed E-state index contributed by atoms with van der Waals surface area (Å²) in [6.45, 7) is 1.93. The summed E-state index contributed by atoms with van der Waals surface area (Å²) in [6.07, 6.45) is 10.4. The third-order valence-electron chi connectivity index (χ3n) is 4.62. The molecule has 0 spiro atoms. The highest BCUT2D eigenvalue weighted by molar-refractivity contribution is 9.11. The molecule has 5 aromatic heterocycles. The van der Waals surface area contributed by atoms with Gasteiger partial charge in [0, 0.05) is 43.5 Å². The lowest BCUT2D eigenvalue weighted by molar-refractivity contribution is -0.118. The number of halogens is 10. The van der Waals surface area contributed by atoms with Crippen LogP contribution in [0.15, 0.2) is 77.9 Å². The summed E-state index contributed by atoms with van der Waals surface area (Å²) in [7, 11) is 9.69. The van der Waals surface area contributed by atoms with Gasteiger partial charge in [0.2, 0.25) is 6.41 Å². The normalized spacial score (nSPS) is 9.29. The van der Waals surface area contributed by atoms with Crippen molar-refractivity contribution in [2.45, 2.75) is 20.8 Å². The van der Waals surface area contributed by atoms with Crippen molar-refractivity contribution in [3.8, 4) is 0 Å². The minimum Gasteiger partial charge on any atom is -0.400 e. The summed E-state index contributed by atoms with van der Waals surface area (Å²) in [5.74, 6) is 1.33. The molecule has 0 aromatic carbocycles. The first-order valence-electron chi connectivity index (χ1n) is 15.2. The van der Waals surface area contributed by atoms with E-state index in [0.29, 0.717) is 55.3 Å². The average molecular weight is 1440 g/mol. The lowest BCUT2D eigenvalue weighted by Gasteiger charge is -2.09. The van der Waals surface area contributed by atoms with E-state index in [1.54, 1.807) is 63.1 Å². The molecule has 0 saturated heterocycles.